The van der Waals surface area contributed by atoms with Crippen LogP contribution < -0.4 is 0 Å². The largest absolute Gasteiger partial charge is 0.390 e. The third-order valence-corrected chi connectivity index (χ3v) is 4.90. The topological polar surface area (TPSA) is 77.4 Å². The van der Waals surface area contributed by atoms with E-state index >= 15 is 0 Å². The molecule has 0 heterocycles. The Bertz CT molecular complexity index is 399. The Morgan fingerprint density at radius 2 is 1.75 bits per heavy atom. The second kappa shape index (κ2) is 9.85. The van der Waals surface area contributed by atoms with Gasteiger partial charge in [0.25, 0.3) is 0 Å². The summed E-state index contributed by atoms with van der Waals surface area (Å²) in [5.41, 5.74) is -0.686. The van der Waals surface area contributed by atoms with Gasteiger partial charge in [0.2, 0.25) is 0 Å². The zero-order valence-electron chi connectivity index (χ0n) is 14.9. The predicted octanol–water partition coefficient (Wildman–Crippen LogP) is 2.13. The molecule has 1 saturated carbocycles. The smallest absolute Gasteiger partial charge is 0.147 e. The highest BCUT2D eigenvalue weighted by molar-refractivity contribution is 5.29. The van der Waals surface area contributed by atoms with Crippen LogP contribution in [-0.4, -0.2) is 60.9 Å². The van der Waals surface area contributed by atoms with Crippen LogP contribution in [-0.2, 0) is 18.9 Å². The van der Waals surface area contributed by atoms with Crippen LogP contribution in [0.5, 0.6) is 0 Å². The highest BCUT2D eigenvalue weighted by Crippen LogP contribution is 2.41. The SMILES string of the molecule is CCOCO[C@H]1CCCC=C1[C@@]1(O)[C@@H](OCOCC)CCC[C@@H]1O. The van der Waals surface area contributed by atoms with Gasteiger partial charge in [-0.05, 0) is 57.9 Å². The number of rotatable bonds is 9. The molecule has 2 N–H and O–H groups in total. The van der Waals surface area contributed by atoms with E-state index in [9.17, 15) is 10.2 Å². The van der Waals surface area contributed by atoms with E-state index in [2.05, 4.69) is 0 Å². The predicted molar refractivity (Wildman–Crippen MR) is 89.5 cm³/mol. The average Bonchev–Trinajstić information content (AvgIpc) is 2.59. The summed E-state index contributed by atoms with van der Waals surface area (Å²) < 4.78 is 22.2. The maximum absolute atomic E-state index is 11.4. The number of allylic oxidation sites excluding steroid dienone is 1. The molecule has 0 aromatic rings. The minimum atomic E-state index is -1.42. The van der Waals surface area contributed by atoms with Crippen molar-refractivity contribution in [1.29, 1.82) is 0 Å². The van der Waals surface area contributed by atoms with Crippen molar-refractivity contribution in [2.45, 2.75) is 76.3 Å². The van der Waals surface area contributed by atoms with E-state index in [1.807, 2.05) is 19.9 Å². The molecule has 0 bridgehead atoms. The first-order valence-electron chi connectivity index (χ1n) is 9.14. The van der Waals surface area contributed by atoms with E-state index in [4.69, 9.17) is 18.9 Å². The van der Waals surface area contributed by atoms with Crippen LogP contribution in [0, 0.1) is 0 Å². The number of ether oxygens (including phenoxy) is 4. The van der Waals surface area contributed by atoms with Crippen LogP contribution >= 0.6 is 0 Å². The summed E-state index contributed by atoms with van der Waals surface area (Å²) in [4.78, 5) is 0. The van der Waals surface area contributed by atoms with Gasteiger partial charge in [0.1, 0.15) is 19.2 Å². The van der Waals surface area contributed by atoms with Crippen LogP contribution in [0.1, 0.15) is 52.4 Å². The van der Waals surface area contributed by atoms with E-state index in [0.29, 0.717) is 26.1 Å². The van der Waals surface area contributed by atoms with Gasteiger partial charge in [0.15, 0.2) is 0 Å². The van der Waals surface area contributed by atoms with Gasteiger partial charge < -0.3 is 29.2 Å². The van der Waals surface area contributed by atoms with E-state index in [-0.39, 0.29) is 19.7 Å². The first kappa shape index (κ1) is 19.8. The third-order valence-electron chi connectivity index (χ3n) is 4.90. The molecule has 2 rings (SSSR count). The van der Waals surface area contributed by atoms with Crippen molar-refractivity contribution < 1.29 is 29.2 Å². The lowest BCUT2D eigenvalue weighted by Crippen LogP contribution is -2.59. The van der Waals surface area contributed by atoms with E-state index < -0.39 is 17.8 Å². The number of hydrogen-bond acceptors (Lipinski definition) is 6. The van der Waals surface area contributed by atoms with Gasteiger partial charge in [-0.2, -0.15) is 0 Å². The molecular formula is C18H32O6. The Morgan fingerprint density at radius 3 is 2.46 bits per heavy atom. The molecule has 0 aromatic carbocycles. The van der Waals surface area contributed by atoms with Crippen LogP contribution in [0.25, 0.3) is 0 Å². The summed E-state index contributed by atoms with van der Waals surface area (Å²) in [5, 5.41) is 22.0. The van der Waals surface area contributed by atoms with Gasteiger partial charge in [-0.25, -0.2) is 0 Å². The van der Waals surface area contributed by atoms with Crippen molar-refractivity contribution in [3.63, 3.8) is 0 Å². The maximum atomic E-state index is 11.4. The molecule has 6 heteroatoms. The lowest BCUT2D eigenvalue weighted by atomic mass is 9.71. The number of aliphatic hydroxyl groups is 2. The molecule has 2 aliphatic rings. The Labute approximate surface area is 144 Å². The van der Waals surface area contributed by atoms with Crippen LogP contribution in [0.3, 0.4) is 0 Å². The van der Waals surface area contributed by atoms with Gasteiger partial charge >= 0.3 is 0 Å². The molecule has 6 nitrogen and oxygen atoms in total. The standard InChI is InChI=1S/C18H32O6/c1-3-21-12-23-15-9-6-5-8-14(15)18(20)16(19)10-7-11-17(18)24-13-22-4-2/h8,15-17,19-20H,3-7,9-13H2,1-2H3/t15-,16-,17-,18-/m0/s1. The van der Waals surface area contributed by atoms with Gasteiger partial charge in [-0.15, -0.1) is 0 Å². The van der Waals surface area contributed by atoms with Crippen LogP contribution in [0.2, 0.25) is 0 Å². The lowest BCUT2D eigenvalue weighted by molar-refractivity contribution is -0.205. The van der Waals surface area contributed by atoms with E-state index in [0.717, 1.165) is 31.3 Å². The summed E-state index contributed by atoms with van der Waals surface area (Å²) in [6.45, 7) is 5.25. The van der Waals surface area contributed by atoms with E-state index in [1.165, 1.54) is 0 Å². The van der Waals surface area contributed by atoms with E-state index in [1.54, 1.807) is 0 Å². The lowest BCUT2D eigenvalue weighted by Gasteiger charge is -2.47. The zero-order valence-corrected chi connectivity index (χ0v) is 14.9. The van der Waals surface area contributed by atoms with Gasteiger partial charge in [0, 0.05) is 13.2 Å². The number of hydrogen-bond donors (Lipinski definition) is 2. The molecule has 0 unspecified atom stereocenters. The molecule has 0 saturated heterocycles. The van der Waals surface area contributed by atoms with Crippen molar-refractivity contribution >= 4 is 0 Å². The summed E-state index contributed by atoms with van der Waals surface area (Å²) >= 11 is 0. The first-order valence-corrected chi connectivity index (χ1v) is 9.14. The van der Waals surface area contributed by atoms with Crippen molar-refractivity contribution in [3.05, 3.63) is 11.6 Å². The minimum absolute atomic E-state index is 0.119. The minimum Gasteiger partial charge on any atom is -0.390 e. The maximum Gasteiger partial charge on any atom is 0.147 e. The fraction of sp³-hybridized carbons (Fsp3) is 0.889. The monoisotopic (exact) mass is 344 g/mol. The molecule has 0 radical (unpaired) electrons. The number of aliphatic hydroxyl groups excluding tert-OH is 1. The van der Waals surface area contributed by atoms with Gasteiger partial charge in [-0.1, -0.05) is 6.08 Å². The fourth-order valence-corrected chi connectivity index (χ4v) is 3.61. The van der Waals surface area contributed by atoms with Crippen molar-refractivity contribution in [3.8, 4) is 0 Å². The van der Waals surface area contributed by atoms with Crippen molar-refractivity contribution in [1.82, 2.24) is 0 Å². The molecule has 0 amide bonds. The molecule has 140 valence electrons. The summed E-state index contributed by atoms with van der Waals surface area (Å²) in [7, 11) is 0. The second-order valence-electron chi connectivity index (χ2n) is 6.39. The Balaban J connectivity index is 2.15. The van der Waals surface area contributed by atoms with Gasteiger partial charge in [0.05, 0.1) is 18.3 Å². The van der Waals surface area contributed by atoms with Gasteiger partial charge in [-0.3, -0.25) is 0 Å². The molecule has 24 heavy (non-hydrogen) atoms. The molecule has 1 fully saturated rings. The average molecular weight is 344 g/mol. The fourth-order valence-electron chi connectivity index (χ4n) is 3.61. The molecular weight excluding hydrogens is 312 g/mol. The summed E-state index contributed by atoms with van der Waals surface area (Å²) in [6.07, 6.45) is 5.15. The summed E-state index contributed by atoms with van der Waals surface area (Å²) in [6, 6.07) is 0. The molecule has 2 aliphatic carbocycles. The van der Waals surface area contributed by atoms with Crippen molar-refractivity contribution in [2.24, 2.45) is 0 Å². The molecule has 4 atom stereocenters. The normalized spacial score (nSPS) is 34.2. The zero-order chi connectivity index (χ0) is 17.4. The Kier molecular flexibility index (Phi) is 8.13. The molecule has 0 spiro atoms. The Hall–Kier alpha value is -0.500. The highest BCUT2D eigenvalue weighted by Gasteiger charge is 2.51. The second-order valence-corrected chi connectivity index (χ2v) is 6.39. The quantitative estimate of drug-likeness (QED) is 0.379. The van der Waals surface area contributed by atoms with Crippen molar-refractivity contribution in [2.75, 3.05) is 26.8 Å². The van der Waals surface area contributed by atoms with Crippen LogP contribution in [0.4, 0.5) is 0 Å². The summed E-state index contributed by atoms with van der Waals surface area (Å²) in [5.74, 6) is 0. The van der Waals surface area contributed by atoms with Crippen LogP contribution in [0.15, 0.2) is 11.6 Å². The highest BCUT2D eigenvalue weighted by atomic mass is 16.7. The first-order chi connectivity index (χ1) is 11.6. The third kappa shape index (κ3) is 4.56. The molecule has 0 aromatic heterocycles. The molecule has 0 aliphatic heterocycles. The Morgan fingerprint density at radius 1 is 1.04 bits per heavy atom.